The number of rotatable bonds is 6. The molecule has 2 rings (SSSR count). The normalized spacial score (nSPS) is 10.6. The van der Waals surface area contributed by atoms with Crippen LogP contribution in [-0.4, -0.2) is 38.6 Å². The van der Waals surface area contributed by atoms with Crippen LogP contribution in [0.25, 0.3) is 0 Å². The molecule has 1 aromatic heterocycles. The van der Waals surface area contributed by atoms with Gasteiger partial charge in [-0.15, -0.1) is 0 Å². The number of halogens is 2. The summed E-state index contributed by atoms with van der Waals surface area (Å²) < 4.78 is 0.449. The maximum Gasteiger partial charge on any atom is 0.357 e. The molecule has 2 aromatic rings. The zero-order valence-corrected chi connectivity index (χ0v) is 15.1. The maximum absolute atomic E-state index is 12.4. The number of anilines is 1. The quantitative estimate of drug-likeness (QED) is 0.479. The third kappa shape index (κ3) is 3.68. The molecule has 1 heterocycles. The number of carbonyl (C=O) groups is 4. The summed E-state index contributed by atoms with van der Waals surface area (Å²) in [5.41, 5.74) is 9.79. The second-order valence-electron chi connectivity index (χ2n) is 4.90. The van der Waals surface area contributed by atoms with Crippen LogP contribution in [-0.2, 0) is 9.59 Å². The van der Waals surface area contributed by atoms with E-state index in [-0.39, 0.29) is 20.9 Å². The van der Waals surface area contributed by atoms with Gasteiger partial charge in [0.1, 0.15) is 5.82 Å². The van der Waals surface area contributed by atoms with E-state index in [1.807, 2.05) is 0 Å². The summed E-state index contributed by atoms with van der Waals surface area (Å²) in [6.07, 6.45) is 0. The molecule has 0 aliphatic rings. The number of carboxylic acid groups (broad SMARTS) is 1. The molecule has 136 valence electrons. The Morgan fingerprint density at radius 2 is 1.77 bits per heavy atom. The molecule has 6 N–H and O–H groups in total. The third-order valence-electron chi connectivity index (χ3n) is 3.19. The lowest BCUT2D eigenvalue weighted by Gasteiger charge is -2.15. The van der Waals surface area contributed by atoms with E-state index in [2.05, 4.69) is 26.3 Å². The summed E-state index contributed by atoms with van der Waals surface area (Å²) in [5, 5.41) is 15.3. The van der Waals surface area contributed by atoms with E-state index in [9.17, 15) is 24.3 Å². The topological polar surface area (TPSA) is 170 Å². The smallest absolute Gasteiger partial charge is 0.357 e. The summed E-state index contributed by atoms with van der Waals surface area (Å²) in [6.45, 7) is 0. The van der Waals surface area contributed by atoms with E-state index < -0.39 is 35.4 Å². The van der Waals surface area contributed by atoms with Crippen molar-refractivity contribution in [3.05, 3.63) is 45.0 Å². The van der Waals surface area contributed by atoms with Gasteiger partial charge in [-0.2, -0.15) is 5.10 Å². The molecule has 10 nitrogen and oxygen atoms in total. The van der Waals surface area contributed by atoms with E-state index >= 15 is 0 Å². The number of benzene rings is 1. The fourth-order valence-corrected chi connectivity index (χ4v) is 2.80. The van der Waals surface area contributed by atoms with Crippen LogP contribution < -0.4 is 16.8 Å². The number of primary amides is 2. The van der Waals surface area contributed by atoms with Crippen LogP contribution in [0.1, 0.15) is 26.9 Å². The molecule has 0 radical (unpaired) electrons. The molecule has 0 saturated heterocycles. The second kappa shape index (κ2) is 7.54. The van der Waals surface area contributed by atoms with Crippen molar-refractivity contribution >= 4 is 57.0 Å². The summed E-state index contributed by atoms with van der Waals surface area (Å²) in [7, 11) is 0. The predicted molar refractivity (Wildman–Crippen MR) is 93.7 cm³/mol. The zero-order valence-electron chi connectivity index (χ0n) is 12.8. The highest BCUT2D eigenvalue weighted by Gasteiger charge is 2.32. The van der Waals surface area contributed by atoms with Crippen molar-refractivity contribution < 1.29 is 24.3 Å². The number of carbonyl (C=O) groups excluding carboxylic acids is 3. The number of carboxylic acids is 1. The van der Waals surface area contributed by atoms with Crippen molar-refractivity contribution in [1.82, 2.24) is 9.78 Å². The number of amides is 3. The zero-order chi connectivity index (χ0) is 19.6. The Labute approximate surface area is 159 Å². The SMILES string of the molecule is NC(=O)C(C(N)=O)n1nc(C(=O)O)c(Br)c1NC(=O)c1ccccc1Cl. The molecule has 3 amide bonds. The minimum absolute atomic E-state index is 0.0698. The minimum atomic E-state index is -1.82. The summed E-state index contributed by atoms with van der Waals surface area (Å²) in [5.74, 6) is -4.87. The molecule has 0 aliphatic heterocycles. The fourth-order valence-electron chi connectivity index (χ4n) is 2.05. The Morgan fingerprint density at radius 3 is 2.27 bits per heavy atom. The van der Waals surface area contributed by atoms with E-state index in [4.69, 9.17) is 23.1 Å². The van der Waals surface area contributed by atoms with Gasteiger partial charge < -0.3 is 21.9 Å². The van der Waals surface area contributed by atoms with Gasteiger partial charge in [0.05, 0.1) is 15.1 Å². The van der Waals surface area contributed by atoms with E-state index in [1.165, 1.54) is 12.1 Å². The molecule has 0 spiro atoms. The molecule has 0 atom stereocenters. The summed E-state index contributed by atoms with van der Waals surface area (Å²) in [4.78, 5) is 46.8. The van der Waals surface area contributed by atoms with E-state index in [0.717, 1.165) is 0 Å². The Balaban J connectivity index is 2.58. The highest BCUT2D eigenvalue weighted by Crippen LogP contribution is 2.30. The van der Waals surface area contributed by atoms with Crippen LogP contribution >= 0.6 is 27.5 Å². The largest absolute Gasteiger partial charge is 0.476 e. The Morgan fingerprint density at radius 1 is 1.19 bits per heavy atom. The van der Waals surface area contributed by atoms with Gasteiger partial charge in [0, 0.05) is 0 Å². The first kappa shape index (κ1) is 19.4. The third-order valence-corrected chi connectivity index (χ3v) is 4.27. The first-order valence-electron chi connectivity index (χ1n) is 6.81. The van der Waals surface area contributed by atoms with Crippen LogP contribution in [0, 0.1) is 0 Å². The van der Waals surface area contributed by atoms with Crippen molar-refractivity contribution in [2.75, 3.05) is 5.32 Å². The van der Waals surface area contributed by atoms with Crippen LogP contribution in [0.3, 0.4) is 0 Å². The number of hydrogen-bond acceptors (Lipinski definition) is 5. The minimum Gasteiger partial charge on any atom is -0.476 e. The number of nitrogens with two attached hydrogens (primary N) is 2. The van der Waals surface area contributed by atoms with Gasteiger partial charge in [-0.05, 0) is 28.1 Å². The van der Waals surface area contributed by atoms with Crippen molar-refractivity contribution in [2.24, 2.45) is 11.5 Å². The number of nitrogens with one attached hydrogen (secondary N) is 1. The lowest BCUT2D eigenvalue weighted by atomic mass is 10.2. The molecule has 0 fully saturated rings. The first-order valence-corrected chi connectivity index (χ1v) is 7.98. The summed E-state index contributed by atoms with van der Waals surface area (Å²) in [6, 6.07) is 4.25. The lowest BCUT2D eigenvalue weighted by Crippen LogP contribution is -2.38. The monoisotopic (exact) mass is 443 g/mol. The van der Waals surface area contributed by atoms with Gasteiger partial charge >= 0.3 is 5.97 Å². The van der Waals surface area contributed by atoms with Gasteiger partial charge in [-0.1, -0.05) is 23.7 Å². The van der Waals surface area contributed by atoms with Gasteiger partial charge in [-0.3, -0.25) is 14.4 Å². The van der Waals surface area contributed by atoms with Crippen LogP contribution in [0.15, 0.2) is 28.7 Å². The van der Waals surface area contributed by atoms with Crippen LogP contribution in [0.2, 0.25) is 5.02 Å². The van der Waals surface area contributed by atoms with Gasteiger partial charge in [-0.25, -0.2) is 9.48 Å². The molecular weight excluding hydrogens is 434 g/mol. The molecule has 0 bridgehead atoms. The number of hydrogen-bond donors (Lipinski definition) is 4. The molecule has 26 heavy (non-hydrogen) atoms. The maximum atomic E-state index is 12.4. The van der Waals surface area contributed by atoms with Crippen molar-refractivity contribution in [3.8, 4) is 0 Å². The van der Waals surface area contributed by atoms with Gasteiger partial charge in [0.25, 0.3) is 17.7 Å². The van der Waals surface area contributed by atoms with Gasteiger partial charge in [0.15, 0.2) is 5.69 Å². The Hall–Kier alpha value is -2.92. The van der Waals surface area contributed by atoms with E-state index in [0.29, 0.717) is 4.68 Å². The molecule has 0 saturated carbocycles. The highest BCUT2D eigenvalue weighted by atomic mass is 79.9. The molecular formula is C14H11BrClN5O5. The standard InChI is InChI=1S/C14H11BrClN5O5/c15-7-8(14(25)26)20-21(9(10(17)22)11(18)23)12(7)19-13(24)5-3-1-2-4-6(5)16/h1-4,9H,(H2,17,22)(H2,18,23)(H,19,24)(H,25,26). The highest BCUT2D eigenvalue weighted by molar-refractivity contribution is 9.10. The fraction of sp³-hybridized carbons (Fsp3) is 0.0714. The molecule has 0 unspecified atom stereocenters. The number of nitrogens with zero attached hydrogens (tertiary/aromatic N) is 2. The van der Waals surface area contributed by atoms with Crippen molar-refractivity contribution in [1.29, 1.82) is 0 Å². The van der Waals surface area contributed by atoms with Gasteiger partial charge in [0.2, 0.25) is 6.04 Å². The molecule has 1 aromatic carbocycles. The van der Waals surface area contributed by atoms with E-state index in [1.54, 1.807) is 12.1 Å². The first-order chi connectivity index (χ1) is 12.1. The average Bonchev–Trinajstić information content (AvgIpc) is 2.84. The molecule has 12 heteroatoms. The Kier molecular flexibility index (Phi) is 5.63. The van der Waals surface area contributed by atoms with Crippen LogP contribution in [0.5, 0.6) is 0 Å². The summed E-state index contributed by atoms with van der Waals surface area (Å²) >= 11 is 8.92. The van der Waals surface area contributed by atoms with Crippen LogP contribution in [0.4, 0.5) is 5.82 Å². The molecule has 0 aliphatic carbocycles. The van der Waals surface area contributed by atoms with Crippen molar-refractivity contribution in [2.45, 2.75) is 6.04 Å². The number of aromatic carboxylic acids is 1. The Bertz CT molecular complexity index is 914. The van der Waals surface area contributed by atoms with Crippen molar-refractivity contribution in [3.63, 3.8) is 0 Å². The predicted octanol–water partition coefficient (Wildman–Crippen LogP) is 0.761. The lowest BCUT2D eigenvalue weighted by molar-refractivity contribution is -0.130. The number of aromatic nitrogens is 2. The second-order valence-corrected chi connectivity index (χ2v) is 6.10. The average molecular weight is 445 g/mol.